The van der Waals surface area contributed by atoms with E-state index in [0.717, 1.165) is 17.1 Å². The van der Waals surface area contributed by atoms with Crippen LogP contribution in [0.4, 0.5) is 0 Å². The standard InChI is InChI=1S/C16H21NO3/c1-13-7-8-16(20-13)10-17-9-15(18)12-19-11-14-5-3-2-4-6-14/h2-8,15,17-18H,9-12H2,1H3. The maximum Gasteiger partial charge on any atom is 0.117 e. The molecule has 4 nitrogen and oxygen atoms in total. The SMILES string of the molecule is Cc1ccc(CNCC(O)COCc2ccccc2)o1. The van der Waals surface area contributed by atoms with E-state index in [4.69, 9.17) is 9.15 Å². The fourth-order valence-electron chi connectivity index (χ4n) is 1.89. The highest BCUT2D eigenvalue weighted by Crippen LogP contribution is 2.05. The van der Waals surface area contributed by atoms with Crippen molar-refractivity contribution in [2.75, 3.05) is 13.2 Å². The Balaban J connectivity index is 1.57. The number of furan rings is 1. The normalized spacial score (nSPS) is 12.5. The molecular weight excluding hydrogens is 254 g/mol. The van der Waals surface area contributed by atoms with Crippen LogP contribution in [0.5, 0.6) is 0 Å². The molecule has 0 aliphatic rings. The van der Waals surface area contributed by atoms with Crippen molar-refractivity contribution in [1.82, 2.24) is 5.32 Å². The van der Waals surface area contributed by atoms with Gasteiger partial charge in [-0.25, -0.2) is 0 Å². The van der Waals surface area contributed by atoms with Crippen LogP contribution < -0.4 is 5.32 Å². The summed E-state index contributed by atoms with van der Waals surface area (Å²) in [5.41, 5.74) is 1.11. The first-order valence-electron chi connectivity index (χ1n) is 6.80. The van der Waals surface area contributed by atoms with Crippen LogP contribution in [0.3, 0.4) is 0 Å². The van der Waals surface area contributed by atoms with Crippen molar-refractivity contribution in [3.05, 3.63) is 59.5 Å². The monoisotopic (exact) mass is 275 g/mol. The highest BCUT2D eigenvalue weighted by atomic mass is 16.5. The molecule has 2 aromatic rings. The Kier molecular flexibility index (Phi) is 5.80. The maximum atomic E-state index is 9.79. The Morgan fingerprint density at radius 1 is 1.20 bits per heavy atom. The first-order chi connectivity index (χ1) is 9.74. The van der Waals surface area contributed by atoms with Crippen LogP contribution in [-0.4, -0.2) is 24.4 Å². The summed E-state index contributed by atoms with van der Waals surface area (Å²) < 4.78 is 10.9. The van der Waals surface area contributed by atoms with Crippen molar-refractivity contribution >= 4 is 0 Å². The molecule has 2 N–H and O–H groups in total. The first kappa shape index (κ1) is 14.8. The second-order valence-electron chi connectivity index (χ2n) is 4.80. The van der Waals surface area contributed by atoms with Gasteiger partial charge in [-0.1, -0.05) is 30.3 Å². The number of hydrogen-bond acceptors (Lipinski definition) is 4. The molecule has 0 amide bonds. The molecule has 1 heterocycles. The lowest BCUT2D eigenvalue weighted by Crippen LogP contribution is -2.29. The van der Waals surface area contributed by atoms with E-state index >= 15 is 0 Å². The van der Waals surface area contributed by atoms with Crippen LogP contribution in [0.2, 0.25) is 0 Å². The smallest absolute Gasteiger partial charge is 0.117 e. The summed E-state index contributed by atoms with van der Waals surface area (Å²) in [7, 11) is 0. The Bertz CT molecular complexity index is 495. The van der Waals surface area contributed by atoms with Gasteiger partial charge in [0.15, 0.2) is 0 Å². The lowest BCUT2D eigenvalue weighted by Gasteiger charge is -2.12. The molecule has 0 bridgehead atoms. The molecule has 2 rings (SSSR count). The molecule has 0 saturated heterocycles. The molecule has 108 valence electrons. The molecule has 1 aromatic carbocycles. The number of aliphatic hydroxyl groups excluding tert-OH is 1. The first-order valence-corrected chi connectivity index (χ1v) is 6.80. The largest absolute Gasteiger partial charge is 0.465 e. The topological polar surface area (TPSA) is 54.6 Å². The van der Waals surface area contributed by atoms with Crippen molar-refractivity contribution < 1.29 is 14.3 Å². The van der Waals surface area contributed by atoms with Gasteiger partial charge in [0.25, 0.3) is 0 Å². The molecule has 0 saturated carbocycles. The van der Waals surface area contributed by atoms with Crippen molar-refractivity contribution in [2.24, 2.45) is 0 Å². The van der Waals surface area contributed by atoms with E-state index in [2.05, 4.69) is 5.32 Å². The fraction of sp³-hybridized carbons (Fsp3) is 0.375. The van der Waals surface area contributed by atoms with Crippen LogP contribution in [0.25, 0.3) is 0 Å². The summed E-state index contributed by atoms with van der Waals surface area (Å²) in [5.74, 6) is 1.77. The van der Waals surface area contributed by atoms with Gasteiger partial charge in [0, 0.05) is 6.54 Å². The highest BCUT2D eigenvalue weighted by Gasteiger charge is 2.05. The zero-order valence-electron chi connectivity index (χ0n) is 11.7. The maximum absolute atomic E-state index is 9.79. The molecule has 0 fully saturated rings. The Morgan fingerprint density at radius 2 is 2.00 bits per heavy atom. The average molecular weight is 275 g/mol. The van der Waals surface area contributed by atoms with Gasteiger partial charge >= 0.3 is 0 Å². The van der Waals surface area contributed by atoms with Gasteiger partial charge in [0.05, 0.1) is 25.9 Å². The number of aliphatic hydroxyl groups is 1. The van der Waals surface area contributed by atoms with Crippen LogP contribution in [0.15, 0.2) is 46.9 Å². The highest BCUT2D eigenvalue weighted by molar-refractivity contribution is 5.13. The lowest BCUT2D eigenvalue weighted by molar-refractivity contribution is 0.0285. The van der Waals surface area contributed by atoms with Gasteiger partial charge in [0.1, 0.15) is 11.5 Å². The van der Waals surface area contributed by atoms with Gasteiger partial charge in [-0.15, -0.1) is 0 Å². The molecule has 1 atom stereocenters. The van der Waals surface area contributed by atoms with Crippen LogP contribution in [0, 0.1) is 6.92 Å². The number of nitrogens with one attached hydrogen (secondary N) is 1. The number of benzene rings is 1. The second kappa shape index (κ2) is 7.85. The summed E-state index contributed by atoms with van der Waals surface area (Å²) in [6.07, 6.45) is -0.519. The zero-order valence-corrected chi connectivity index (χ0v) is 11.7. The van der Waals surface area contributed by atoms with Gasteiger partial charge < -0.3 is 19.6 Å². The van der Waals surface area contributed by atoms with Crippen molar-refractivity contribution in [1.29, 1.82) is 0 Å². The molecular formula is C16H21NO3. The van der Waals surface area contributed by atoms with Crippen LogP contribution in [-0.2, 0) is 17.9 Å². The Hall–Kier alpha value is -1.62. The quantitative estimate of drug-likeness (QED) is 0.776. The minimum atomic E-state index is -0.519. The van der Waals surface area contributed by atoms with E-state index in [1.165, 1.54) is 0 Å². The molecule has 20 heavy (non-hydrogen) atoms. The fourth-order valence-corrected chi connectivity index (χ4v) is 1.89. The van der Waals surface area contributed by atoms with E-state index in [0.29, 0.717) is 26.3 Å². The van der Waals surface area contributed by atoms with Gasteiger partial charge in [0.2, 0.25) is 0 Å². The third-order valence-electron chi connectivity index (χ3n) is 2.90. The van der Waals surface area contributed by atoms with Gasteiger partial charge in [-0.05, 0) is 24.6 Å². The Morgan fingerprint density at radius 3 is 2.70 bits per heavy atom. The van der Waals surface area contributed by atoms with E-state index < -0.39 is 6.10 Å². The molecule has 0 spiro atoms. The minimum Gasteiger partial charge on any atom is -0.465 e. The van der Waals surface area contributed by atoms with Gasteiger partial charge in [-0.3, -0.25) is 0 Å². The molecule has 4 heteroatoms. The van der Waals surface area contributed by atoms with Crippen LogP contribution in [0.1, 0.15) is 17.1 Å². The summed E-state index contributed by atoms with van der Waals surface area (Å²) in [5, 5.41) is 12.9. The van der Waals surface area contributed by atoms with E-state index in [9.17, 15) is 5.11 Å². The van der Waals surface area contributed by atoms with Crippen molar-refractivity contribution in [3.63, 3.8) is 0 Å². The molecule has 0 aliphatic carbocycles. The predicted octanol–water partition coefficient (Wildman–Crippen LogP) is 2.26. The number of rotatable bonds is 8. The molecule has 1 aromatic heterocycles. The second-order valence-corrected chi connectivity index (χ2v) is 4.80. The van der Waals surface area contributed by atoms with E-state index in [1.807, 2.05) is 49.4 Å². The third-order valence-corrected chi connectivity index (χ3v) is 2.90. The molecule has 0 aliphatic heterocycles. The van der Waals surface area contributed by atoms with E-state index in [1.54, 1.807) is 0 Å². The average Bonchev–Trinajstić information content (AvgIpc) is 2.86. The molecule has 1 unspecified atom stereocenters. The lowest BCUT2D eigenvalue weighted by atomic mass is 10.2. The predicted molar refractivity (Wildman–Crippen MR) is 77.3 cm³/mol. The number of hydrogen-bond donors (Lipinski definition) is 2. The Labute approximate surface area is 119 Å². The number of aryl methyl sites for hydroxylation is 1. The van der Waals surface area contributed by atoms with Crippen molar-refractivity contribution in [3.8, 4) is 0 Å². The summed E-state index contributed by atoms with van der Waals surface area (Å²) in [4.78, 5) is 0. The number of ether oxygens (including phenoxy) is 1. The molecule has 0 radical (unpaired) electrons. The summed E-state index contributed by atoms with van der Waals surface area (Å²) in [6, 6.07) is 13.8. The minimum absolute atomic E-state index is 0.319. The third kappa shape index (κ3) is 5.17. The van der Waals surface area contributed by atoms with E-state index in [-0.39, 0.29) is 0 Å². The van der Waals surface area contributed by atoms with Crippen LogP contribution >= 0.6 is 0 Å². The zero-order chi connectivity index (χ0) is 14.2. The summed E-state index contributed by atoms with van der Waals surface area (Å²) >= 11 is 0. The van der Waals surface area contributed by atoms with Gasteiger partial charge in [-0.2, -0.15) is 0 Å². The summed E-state index contributed by atoms with van der Waals surface area (Å²) in [6.45, 7) is 3.85. The van der Waals surface area contributed by atoms with Crippen molar-refractivity contribution in [2.45, 2.75) is 26.2 Å².